The zero-order chi connectivity index (χ0) is 28.9. The second-order valence-electron chi connectivity index (χ2n) is 10.9. The molecule has 0 bridgehead atoms. The smallest absolute Gasteiger partial charge is 0.266 e. The zero-order valence-electron chi connectivity index (χ0n) is 22.8. The van der Waals surface area contributed by atoms with Crippen LogP contribution >= 0.6 is 0 Å². The maximum Gasteiger partial charge on any atom is 0.266 e. The first kappa shape index (κ1) is 29.0. The fraction of sp³-hybridized carbons (Fsp3) is 0.250. The molecule has 0 radical (unpaired) electrons. The second-order valence-corrected chi connectivity index (χ2v) is 12.5. The van der Waals surface area contributed by atoms with E-state index >= 15 is 0 Å². The van der Waals surface area contributed by atoms with Gasteiger partial charge in [0.2, 0.25) is 5.91 Å². The summed E-state index contributed by atoms with van der Waals surface area (Å²) < 4.78 is 30.6. The Morgan fingerprint density at radius 3 is 2.12 bits per heavy atom. The molecule has 7 nitrogen and oxygen atoms in total. The van der Waals surface area contributed by atoms with Gasteiger partial charge < -0.3 is 10.6 Å². The fourth-order valence-corrected chi connectivity index (χ4v) is 4.86. The van der Waals surface area contributed by atoms with Crippen molar-refractivity contribution in [2.45, 2.75) is 38.5 Å². The van der Waals surface area contributed by atoms with Gasteiger partial charge in [-0.15, -0.1) is 0 Å². The van der Waals surface area contributed by atoms with Crippen LogP contribution in [0.5, 0.6) is 0 Å². The van der Waals surface area contributed by atoms with Crippen LogP contribution < -0.4 is 10.6 Å². The predicted molar refractivity (Wildman–Crippen MR) is 159 cm³/mol. The van der Waals surface area contributed by atoms with Crippen LogP contribution in [0.1, 0.15) is 53.7 Å². The van der Waals surface area contributed by atoms with Gasteiger partial charge in [-0.05, 0) is 63.6 Å². The van der Waals surface area contributed by atoms with E-state index < -0.39 is 27.7 Å². The topological polar surface area (TPSA) is 113 Å². The molecule has 0 fully saturated rings. The molecular formula is C32H34N2O5S. The largest absolute Gasteiger partial charge is 0.351 e. The minimum absolute atomic E-state index is 0.0147. The number of rotatable bonds is 9. The van der Waals surface area contributed by atoms with Crippen molar-refractivity contribution < 1.29 is 22.6 Å². The van der Waals surface area contributed by atoms with E-state index in [1.165, 1.54) is 5.56 Å². The maximum atomic E-state index is 13.7. The number of nitrogens with one attached hydrogen (secondary N) is 2. The molecule has 0 saturated carbocycles. The van der Waals surface area contributed by atoms with Gasteiger partial charge >= 0.3 is 0 Å². The third-order valence-corrected chi connectivity index (χ3v) is 7.53. The summed E-state index contributed by atoms with van der Waals surface area (Å²) in [5, 5.41) is 7.70. The summed E-state index contributed by atoms with van der Waals surface area (Å²) in [4.78, 5) is 26.0. The molecule has 1 atom stereocenters. The zero-order valence-corrected chi connectivity index (χ0v) is 23.7. The molecule has 3 N–H and O–H groups in total. The number of hydrogen-bond donors (Lipinski definition) is 3. The molecule has 4 aromatic carbocycles. The molecule has 0 heterocycles. The summed E-state index contributed by atoms with van der Waals surface area (Å²) in [5.41, 5.74) is 3.99. The van der Waals surface area contributed by atoms with Crippen molar-refractivity contribution in [3.05, 3.63) is 113 Å². The maximum absolute atomic E-state index is 13.7. The molecule has 0 aliphatic heterocycles. The van der Waals surface area contributed by atoms with Crippen LogP contribution in [0.25, 0.3) is 10.8 Å². The van der Waals surface area contributed by atoms with E-state index in [1.54, 1.807) is 24.3 Å². The lowest BCUT2D eigenvalue weighted by Crippen LogP contribution is -2.28. The number of carbonyl (C=O) groups is 2. The molecule has 208 valence electrons. The van der Waals surface area contributed by atoms with E-state index in [0.29, 0.717) is 12.0 Å². The lowest BCUT2D eigenvalue weighted by molar-refractivity contribution is -0.117. The quantitative estimate of drug-likeness (QED) is 0.228. The molecule has 4 aromatic rings. The van der Waals surface area contributed by atoms with Crippen LogP contribution in [0.4, 0.5) is 5.69 Å². The fourth-order valence-electron chi connectivity index (χ4n) is 4.50. The van der Waals surface area contributed by atoms with Gasteiger partial charge in [0.25, 0.3) is 16.0 Å². The molecule has 8 heteroatoms. The average molecular weight is 559 g/mol. The first-order valence-corrected chi connectivity index (χ1v) is 14.7. The van der Waals surface area contributed by atoms with Crippen molar-refractivity contribution in [3.8, 4) is 0 Å². The minimum atomic E-state index is -4.15. The Morgan fingerprint density at radius 2 is 1.50 bits per heavy atom. The lowest BCUT2D eigenvalue weighted by Gasteiger charge is -2.22. The molecule has 0 saturated heterocycles. The number of anilines is 1. The summed E-state index contributed by atoms with van der Waals surface area (Å²) >= 11 is 0. The normalized spacial score (nSPS) is 12.6. The third-order valence-electron chi connectivity index (χ3n) is 6.81. The van der Waals surface area contributed by atoms with Crippen LogP contribution in [0, 0.1) is 0 Å². The Hall–Kier alpha value is -4.01. The number of fused-ring (bicyclic) bond motifs is 1. The number of benzene rings is 4. The van der Waals surface area contributed by atoms with Crippen molar-refractivity contribution >= 4 is 38.4 Å². The van der Waals surface area contributed by atoms with Crippen molar-refractivity contribution in [1.82, 2.24) is 5.32 Å². The Kier molecular flexibility index (Phi) is 8.71. The number of carbonyl (C=O) groups excluding carboxylic acids is 2. The molecule has 0 aromatic heterocycles. The van der Waals surface area contributed by atoms with Crippen molar-refractivity contribution in [2.24, 2.45) is 0 Å². The molecule has 4 rings (SSSR count). The molecule has 1 unspecified atom stereocenters. The summed E-state index contributed by atoms with van der Waals surface area (Å²) in [6.07, 6.45) is 0.416. The van der Waals surface area contributed by atoms with Gasteiger partial charge in [-0.3, -0.25) is 14.1 Å². The van der Waals surface area contributed by atoms with Gasteiger partial charge in [-0.25, -0.2) is 0 Å². The minimum Gasteiger partial charge on any atom is -0.351 e. The second kappa shape index (κ2) is 12.0. The molecule has 0 aliphatic carbocycles. The Balaban J connectivity index is 1.55. The average Bonchev–Trinajstić information content (AvgIpc) is 2.91. The van der Waals surface area contributed by atoms with E-state index in [9.17, 15) is 18.0 Å². The summed E-state index contributed by atoms with van der Waals surface area (Å²) in [6, 6.07) is 28.8. The molecule has 40 heavy (non-hydrogen) atoms. The van der Waals surface area contributed by atoms with E-state index in [4.69, 9.17) is 4.55 Å². The van der Waals surface area contributed by atoms with Crippen LogP contribution in [-0.2, 0) is 26.7 Å². The van der Waals surface area contributed by atoms with Gasteiger partial charge in [0.1, 0.15) is 0 Å². The van der Waals surface area contributed by atoms with E-state index in [2.05, 4.69) is 43.5 Å². The first-order valence-electron chi connectivity index (χ1n) is 13.1. The predicted octanol–water partition coefficient (Wildman–Crippen LogP) is 5.72. The molecule has 2 amide bonds. The van der Waals surface area contributed by atoms with E-state index in [-0.39, 0.29) is 17.9 Å². The van der Waals surface area contributed by atoms with Crippen LogP contribution in [0.3, 0.4) is 0 Å². The number of amides is 2. The van der Waals surface area contributed by atoms with E-state index in [1.807, 2.05) is 54.6 Å². The third kappa shape index (κ3) is 7.77. The van der Waals surface area contributed by atoms with Crippen LogP contribution in [-0.4, -0.2) is 37.1 Å². The summed E-state index contributed by atoms with van der Waals surface area (Å²) in [5.74, 6) is -1.61. The van der Waals surface area contributed by atoms with Gasteiger partial charge in [-0.2, -0.15) is 8.42 Å². The molecule has 0 aliphatic rings. The van der Waals surface area contributed by atoms with Gasteiger partial charge in [-0.1, -0.05) is 87.5 Å². The highest BCUT2D eigenvalue weighted by molar-refractivity contribution is 7.85. The standard InChI is InChI=1S/C32H34N2O5S/c1-32(2,3)27-15-12-24(13-16-27)29(31(36)34-28-17-14-23-6-4-5-7-26(23)21-28)20-22-8-10-25(11-9-22)30(35)33-18-19-40(37,38)39/h4-17,21,29H,18-20H2,1-3H3,(H,33,35)(H,34,36)(H,37,38,39). The van der Waals surface area contributed by atoms with Crippen molar-refractivity contribution in [3.63, 3.8) is 0 Å². The molecule has 0 spiro atoms. The highest BCUT2D eigenvalue weighted by Gasteiger charge is 2.23. The van der Waals surface area contributed by atoms with Crippen LogP contribution in [0.15, 0.2) is 91.0 Å². The Labute approximate surface area is 235 Å². The van der Waals surface area contributed by atoms with Crippen LogP contribution in [0.2, 0.25) is 0 Å². The summed E-state index contributed by atoms with van der Waals surface area (Å²) in [6.45, 7) is 6.24. The van der Waals surface area contributed by atoms with Crippen molar-refractivity contribution in [2.75, 3.05) is 17.6 Å². The Morgan fingerprint density at radius 1 is 0.850 bits per heavy atom. The van der Waals surface area contributed by atoms with Gasteiger partial charge in [0.05, 0.1) is 11.7 Å². The SMILES string of the molecule is CC(C)(C)c1ccc(C(Cc2ccc(C(=O)NCCS(=O)(=O)O)cc2)C(=O)Nc2ccc3ccccc3c2)cc1. The Bertz CT molecular complexity index is 1610. The highest BCUT2D eigenvalue weighted by atomic mass is 32.2. The number of hydrogen-bond acceptors (Lipinski definition) is 4. The highest BCUT2D eigenvalue weighted by Crippen LogP contribution is 2.28. The summed E-state index contributed by atoms with van der Waals surface area (Å²) in [7, 11) is -4.15. The van der Waals surface area contributed by atoms with Gasteiger partial charge in [0, 0.05) is 17.8 Å². The van der Waals surface area contributed by atoms with Crippen molar-refractivity contribution in [1.29, 1.82) is 0 Å². The molecular weight excluding hydrogens is 524 g/mol. The monoisotopic (exact) mass is 558 g/mol. The first-order chi connectivity index (χ1) is 18.9. The van der Waals surface area contributed by atoms with E-state index in [0.717, 1.165) is 27.6 Å². The lowest BCUT2D eigenvalue weighted by atomic mass is 9.84. The van der Waals surface area contributed by atoms with Gasteiger partial charge in [0.15, 0.2) is 0 Å².